The third-order valence-corrected chi connectivity index (χ3v) is 4.18. The van der Waals surface area contributed by atoms with E-state index in [2.05, 4.69) is 4.74 Å². The van der Waals surface area contributed by atoms with Crippen LogP contribution in [-0.2, 0) is 22.7 Å². The molecule has 0 saturated carbocycles. The van der Waals surface area contributed by atoms with E-state index in [1.165, 1.54) is 7.11 Å². The number of ether oxygens (including phenoxy) is 2. The van der Waals surface area contributed by atoms with Crippen molar-refractivity contribution in [1.82, 2.24) is 4.90 Å². The minimum Gasteiger partial charge on any atom is -0.489 e. The molecule has 2 rings (SSSR count). The van der Waals surface area contributed by atoms with Gasteiger partial charge < -0.3 is 14.6 Å². The predicted molar refractivity (Wildman–Crippen MR) is 97.1 cm³/mol. The van der Waals surface area contributed by atoms with Crippen molar-refractivity contribution >= 4 is 11.9 Å². The number of benzene rings is 2. The minimum absolute atomic E-state index is 0.344. The van der Waals surface area contributed by atoms with Gasteiger partial charge in [-0.3, -0.25) is 9.69 Å². The van der Waals surface area contributed by atoms with Gasteiger partial charge >= 0.3 is 11.9 Å². The second-order valence-electron chi connectivity index (χ2n) is 6.01. The molecule has 1 atom stereocenters. The highest BCUT2D eigenvalue weighted by atomic mass is 16.5. The maximum absolute atomic E-state index is 11.5. The van der Waals surface area contributed by atoms with Gasteiger partial charge in [-0.25, -0.2) is 4.79 Å². The zero-order valence-corrected chi connectivity index (χ0v) is 15.1. The molecular weight excluding hydrogens is 334 g/mol. The van der Waals surface area contributed by atoms with Crippen LogP contribution in [0.25, 0.3) is 0 Å². The van der Waals surface area contributed by atoms with E-state index in [0.29, 0.717) is 24.5 Å². The van der Waals surface area contributed by atoms with Crippen LogP contribution in [0.5, 0.6) is 5.75 Å². The Bertz CT molecular complexity index is 757. The van der Waals surface area contributed by atoms with Gasteiger partial charge in [-0.2, -0.15) is 0 Å². The van der Waals surface area contributed by atoms with Crippen LogP contribution in [0.4, 0.5) is 0 Å². The average Bonchev–Trinajstić information content (AvgIpc) is 2.66. The fraction of sp³-hybridized carbons (Fsp3) is 0.300. The number of rotatable bonds is 8. The monoisotopic (exact) mass is 357 g/mol. The van der Waals surface area contributed by atoms with Gasteiger partial charge in [0.15, 0.2) is 0 Å². The van der Waals surface area contributed by atoms with E-state index in [1.807, 2.05) is 36.4 Å². The summed E-state index contributed by atoms with van der Waals surface area (Å²) in [5, 5.41) is 9.13. The number of hydrogen-bond donors (Lipinski definition) is 1. The van der Waals surface area contributed by atoms with Crippen LogP contribution in [0.3, 0.4) is 0 Å². The molecule has 6 nitrogen and oxygen atoms in total. The standard InChI is InChI=1S/C20H23NO5/c1-14(19(22)23)21(2)12-17-6-4-5-7-18(17)26-13-15-8-10-16(11-9-15)20(24)25-3/h4-11,14H,12-13H2,1-3H3,(H,22,23). The van der Waals surface area contributed by atoms with Gasteiger partial charge in [0, 0.05) is 12.1 Å². The van der Waals surface area contributed by atoms with Crippen molar-refractivity contribution < 1.29 is 24.2 Å². The van der Waals surface area contributed by atoms with Gasteiger partial charge in [0.05, 0.1) is 12.7 Å². The fourth-order valence-electron chi connectivity index (χ4n) is 2.39. The predicted octanol–water partition coefficient (Wildman–Crippen LogP) is 2.96. The quantitative estimate of drug-likeness (QED) is 0.732. The summed E-state index contributed by atoms with van der Waals surface area (Å²) in [5.41, 5.74) is 2.31. The Kier molecular flexibility index (Phi) is 6.74. The Morgan fingerprint density at radius 1 is 1.12 bits per heavy atom. The summed E-state index contributed by atoms with van der Waals surface area (Å²) < 4.78 is 10.6. The lowest BCUT2D eigenvalue weighted by atomic mass is 10.1. The second kappa shape index (κ2) is 9.01. The molecule has 2 aromatic carbocycles. The zero-order chi connectivity index (χ0) is 19.1. The van der Waals surface area contributed by atoms with Gasteiger partial charge in [0.2, 0.25) is 0 Å². The largest absolute Gasteiger partial charge is 0.489 e. The van der Waals surface area contributed by atoms with E-state index in [4.69, 9.17) is 9.84 Å². The number of hydrogen-bond acceptors (Lipinski definition) is 5. The Balaban J connectivity index is 2.04. The molecule has 0 amide bonds. The van der Waals surface area contributed by atoms with Crippen molar-refractivity contribution in [2.45, 2.75) is 26.1 Å². The van der Waals surface area contributed by atoms with Crippen LogP contribution in [0.15, 0.2) is 48.5 Å². The number of carboxylic acids is 1. The van der Waals surface area contributed by atoms with Crippen LogP contribution in [0, 0.1) is 0 Å². The van der Waals surface area contributed by atoms with E-state index in [9.17, 15) is 9.59 Å². The van der Waals surface area contributed by atoms with Crippen molar-refractivity contribution in [1.29, 1.82) is 0 Å². The molecule has 0 heterocycles. The molecular formula is C20H23NO5. The SMILES string of the molecule is COC(=O)c1ccc(COc2ccccc2CN(C)C(C)C(=O)O)cc1. The van der Waals surface area contributed by atoms with Crippen molar-refractivity contribution in [3.63, 3.8) is 0 Å². The first kappa shape index (κ1) is 19.5. The van der Waals surface area contributed by atoms with Crippen LogP contribution in [-0.4, -0.2) is 42.1 Å². The lowest BCUT2D eigenvalue weighted by Gasteiger charge is -2.22. The summed E-state index contributed by atoms with van der Waals surface area (Å²) in [7, 11) is 3.11. The molecule has 0 fully saturated rings. The minimum atomic E-state index is -0.864. The summed E-state index contributed by atoms with van der Waals surface area (Å²) in [6, 6.07) is 14.0. The Labute approximate surface area is 153 Å². The topological polar surface area (TPSA) is 76.1 Å². The van der Waals surface area contributed by atoms with Gasteiger partial charge in [-0.05, 0) is 37.7 Å². The van der Waals surface area contributed by atoms with E-state index < -0.39 is 12.0 Å². The summed E-state index contributed by atoms with van der Waals surface area (Å²) in [6.07, 6.45) is 0. The smallest absolute Gasteiger partial charge is 0.337 e. The molecule has 0 radical (unpaired) electrons. The highest BCUT2D eigenvalue weighted by molar-refractivity contribution is 5.89. The molecule has 26 heavy (non-hydrogen) atoms. The molecule has 0 aliphatic heterocycles. The zero-order valence-electron chi connectivity index (χ0n) is 15.1. The number of carboxylic acid groups (broad SMARTS) is 1. The number of para-hydroxylation sites is 1. The number of carbonyl (C=O) groups is 2. The molecule has 1 unspecified atom stereocenters. The van der Waals surface area contributed by atoms with E-state index in [0.717, 1.165) is 11.1 Å². The van der Waals surface area contributed by atoms with Gasteiger partial charge in [0.25, 0.3) is 0 Å². The first-order chi connectivity index (χ1) is 12.4. The summed E-state index contributed by atoms with van der Waals surface area (Å²) in [6.45, 7) is 2.45. The van der Waals surface area contributed by atoms with Crippen molar-refractivity contribution in [2.24, 2.45) is 0 Å². The molecule has 0 aromatic heterocycles. The van der Waals surface area contributed by atoms with Crippen LogP contribution in [0.1, 0.15) is 28.4 Å². The van der Waals surface area contributed by atoms with Gasteiger partial charge in [-0.15, -0.1) is 0 Å². The molecule has 1 N–H and O–H groups in total. The molecule has 0 aliphatic rings. The van der Waals surface area contributed by atoms with Crippen molar-refractivity contribution in [3.8, 4) is 5.75 Å². The Morgan fingerprint density at radius 3 is 2.38 bits per heavy atom. The maximum Gasteiger partial charge on any atom is 0.337 e. The number of likely N-dealkylation sites (N-methyl/N-ethyl adjacent to an activating group) is 1. The first-order valence-electron chi connectivity index (χ1n) is 8.23. The maximum atomic E-state index is 11.5. The molecule has 2 aromatic rings. The molecule has 138 valence electrons. The fourth-order valence-corrected chi connectivity index (χ4v) is 2.39. The summed E-state index contributed by atoms with van der Waals surface area (Å²) in [5.74, 6) is -0.538. The van der Waals surface area contributed by atoms with Crippen LogP contribution < -0.4 is 4.74 Å². The number of methoxy groups -OCH3 is 1. The van der Waals surface area contributed by atoms with E-state index >= 15 is 0 Å². The highest BCUT2D eigenvalue weighted by Crippen LogP contribution is 2.21. The first-order valence-corrected chi connectivity index (χ1v) is 8.23. The highest BCUT2D eigenvalue weighted by Gasteiger charge is 2.18. The normalized spacial score (nSPS) is 11.8. The van der Waals surface area contributed by atoms with Gasteiger partial charge in [-0.1, -0.05) is 30.3 Å². The average molecular weight is 357 g/mol. The summed E-state index contributed by atoms with van der Waals surface area (Å²) in [4.78, 5) is 24.3. The molecule has 0 aliphatic carbocycles. The lowest BCUT2D eigenvalue weighted by molar-refractivity contribution is -0.142. The third kappa shape index (κ3) is 5.07. The van der Waals surface area contributed by atoms with Crippen LogP contribution >= 0.6 is 0 Å². The Hall–Kier alpha value is -2.86. The van der Waals surface area contributed by atoms with E-state index in [-0.39, 0.29) is 5.97 Å². The molecule has 0 saturated heterocycles. The number of carbonyl (C=O) groups excluding carboxylic acids is 1. The lowest BCUT2D eigenvalue weighted by Crippen LogP contribution is -2.35. The van der Waals surface area contributed by atoms with Crippen LogP contribution in [0.2, 0.25) is 0 Å². The molecule has 0 bridgehead atoms. The summed E-state index contributed by atoms with van der Waals surface area (Å²) >= 11 is 0. The third-order valence-electron chi connectivity index (χ3n) is 4.18. The van der Waals surface area contributed by atoms with Crippen molar-refractivity contribution in [2.75, 3.05) is 14.2 Å². The van der Waals surface area contributed by atoms with Gasteiger partial charge in [0.1, 0.15) is 18.4 Å². The molecule has 6 heteroatoms. The Morgan fingerprint density at radius 2 is 1.77 bits per heavy atom. The number of nitrogens with zero attached hydrogens (tertiary/aromatic N) is 1. The second-order valence-corrected chi connectivity index (χ2v) is 6.01. The number of esters is 1. The molecule has 0 spiro atoms. The van der Waals surface area contributed by atoms with Crippen molar-refractivity contribution in [3.05, 3.63) is 65.2 Å². The number of aliphatic carboxylic acids is 1. The van der Waals surface area contributed by atoms with E-state index in [1.54, 1.807) is 31.0 Å².